The van der Waals surface area contributed by atoms with Crippen LogP contribution in [0.4, 0.5) is 0 Å². The van der Waals surface area contributed by atoms with Crippen molar-refractivity contribution in [3.05, 3.63) is 0 Å². The van der Waals surface area contributed by atoms with Gasteiger partial charge in [0.2, 0.25) is 5.91 Å². The van der Waals surface area contributed by atoms with Crippen molar-refractivity contribution in [1.82, 2.24) is 4.90 Å². The van der Waals surface area contributed by atoms with Crippen LogP contribution in [0.2, 0.25) is 0 Å². The van der Waals surface area contributed by atoms with E-state index in [1.807, 2.05) is 26.8 Å². The lowest BCUT2D eigenvalue weighted by atomic mass is 10.2. The molecule has 17 heavy (non-hydrogen) atoms. The summed E-state index contributed by atoms with van der Waals surface area (Å²) in [6, 6.07) is 2.00. The van der Waals surface area contributed by atoms with Crippen molar-refractivity contribution in [2.24, 2.45) is 5.92 Å². The minimum Gasteiger partial charge on any atom is -0.345 e. The first-order chi connectivity index (χ1) is 7.90. The molecule has 1 amide bonds. The Morgan fingerprint density at radius 3 is 2.47 bits per heavy atom. The Bertz CT molecular complexity index is 310. The SMILES string of the molecule is CC(C)C(C)S(=O)CCC(=O)N(C)CCC#N. The van der Waals surface area contributed by atoms with Gasteiger partial charge in [-0.15, -0.1) is 0 Å². The first-order valence-corrected chi connectivity index (χ1v) is 7.26. The van der Waals surface area contributed by atoms with Crippen LogP contribution < -0.4 is 0 Å². The molecule has 0 aromatic heterocycles. The van der Waals surface area contributed by atoms with E-state index in [1.165, 1.54) is 4.90 Å². The Balaban J connectivity index is 4.00. The first-order valence-electron chi connectivity index (χ1n) is 5.88. The standard InChI is InChI=1S/C12H22N2O2S/c1-10(2)11(3)17(16)9-6-12(15)14(4)8-5-7-13/h10-11H,5-6,8-9H2,1-4H3. The Morgan fingerprint density at radius 2 is 2.00 bits per heavy atom. The lowest BCUT2D eigenvalue weighted by Crippen LogP contribution is -2.30. The highest BCUT2D eigenvalue weighted by Crippen LogP contribution is 2.09. The quantitative estimate of drug-likeness (QED) is 0.696. The molecule has 5 heteroatoms. The molecule has 4 nitrogen and oxygen atoms in total. The molecule has 0 aromatic carbocycles. The monoisotopic (exact) mass is 258 g/mol. The van der Waals surface area contributed by atoms with E-state index in [-0.39, 0.29) is 11.2 Å². The molecule has 2 unspecified atom stereocenters. The fourth-order valence-corrected chi connectivity index (χ4v) is 2.57. The summed E-state index contributed by atoms with van der Waals surface area (Å²) in [6.07, 6.45) is 0.638. The largest absolute Gasteiger partial charge is 0.345 e. The van der Waals surface area contributed by atoms with Gasteiger partial charge < -0.3 is 4.90 Å². The van der Waals surface area contributed by atoms with Crippen molar-refractivity contribution in [3.8, 4) is 6.07 Å². The van der Waals surface area contributed by atoms with Crippen LogP contribution in [0.3, 0.4) is 0 Å². The molecule has 0 radical (unpaired) electrons. The molecule has 0 bridgehead atoms. The van der Waals surface area contributed by atoms with Gasteiger partial charge in [-0.25, -0.2) is 0 Å². The zero-order chi connectivity index (χ0) is 13.4. The van der Waals surface area contributed by atoms with Crippen LogP contribution in [0.15, 0.2) is 0 Å². The van der Waals surface area contributed by atoms with Gasteiger partial charge in [0.25, 0.3) is 0 Å². The van der Waals surface area contributed by atoms with Crippen molar-refractivity contribution in [1.29, 1.82) is 5.26 Å². The molecule has 0 heterocycles. The Morgan fingerprint density at radius 1 is 1.41 bits per heavy atom. The number of carbonyl (C=O) groups is 1. The summed E-state index contributed by atoms with van der Waals surface area (Å²) >= 11 is 0. The summed E-state index contributed by atoms with van der Waals surface area (Å²) in [5.74, 6) is 0.738. The van der Waals surface area contributed by atoms with E-state index in [4.69, 9.17) is 5.26 Å². The molecular formula is C12H22N2O2S. The molecule has 0 saturated heterocycles. The number of nitriles is 1. The maximum atomic E-state index is 11.8. The maximum Gasteiger partial charge on any atom is 0.223 e. The van der Waals surface area contributed by atoms with Crippen molar-refractivity contribution in [2.45, 2.75) is 38.9 Å². The van der Waals surface area contributed by atoms with E-state index in [1.54, 1.807) is 7.05 Å². The number of hydrogen-bond acceptors (Lipinski definition) is 3. The summed E-state index contributed by atoms with van der Waals surface area (Å²) < 4.78 is 11.8. The van der Waals surface area contributed by atoms with Crippen LogP contribution in [0.25, 0.3) is 0 Å². The Kier molecular flexibility index (Phi) is 7.81. The second-order valence-corrected chi connectivity index (χ2v) is 6.42. The predicted octanol–water partition coefficient (Wildman–Crippen LogP) is 1.54. The molecule has 0 saturated carbocycles. The third kappa shape index (κ3) is 6.42. The molecule has 0 spiro atoms. The summed E-state index contributed by atoms with van der Waals surface area (Å²) in [4.78, 5) is 13.2. The molecule has 98 valence electrons. The van der Waals surface area contributed by atoms with E-state index >= 15 is 0 Å². The van der Waals surface area contributed by atoms with E-state index in [9.17, 15) is 9.00 Å². The molecule has 0 N–H and O–H groups in total. The Labute approximate surface area is 106 Å². The van der Waals surface area contributed by atoms with Crippen LogP contribution in [0.1, 0.15) is 33.6 Å². The number of hydrogen-bond donors (Lipinski definition) is 0. The average Bonchev–Trinajstić information content (AvgIpc) is 2.31. The summed E-state index contributed by atoms with van der Waals surface area (Å²) in [7, 11) is 0.725. The highest BCUT2D eigenvalue weighted by Gasteiger charge is 2.17. The zero-order valence-electron chi connectivity index (χ0n) is 11.1. The van der Waals surface area contributed by atoms with E-state index in [0.717, 1.165) is 0 Å². The second-order valence-electron chi connectivity index (χ2n) is 4.51. The van der Waals surface area contributed by atoms with E-state index in [0.29, 0.717) is 31.1 Å². The molecule has 0 aliphatic rings. The van der Waals surface area contributed by atoms with Gasteiger partial charge in [-0.3, -0.25) is 9.00 Å². The highest BCUT2D eigenvalue weighted by atomic mass is 32.2. The van der Waals surface area contributed by atoms with Gasteiger partial charge in [0.15, 0.2) is 0 Å². The summed E-state index contributed by atoms with van der Waals surface area (Å²) in [5.41, 5.74) is 0. The van der Waals surface area contributed by atoms with E-state index in [2.05, 4.69) is 0 Å². The summed E-state index contributed by atoms with van der Waals surface area (Å²) in [5, 5.41) is 8.53. The molecule has 0 aromatic rings. The van der Waals surface area contributed by atoms with Crippen LogP contribution in [-0.2, 0) is 15.6 Å². The minimum atomic E-state index is -0.950. The lowest BCUT2D eigenvalue weighted by Gasteiger charge is -2.17. The average molecular weight is 258 g/mol. The molecule has 0 aliphatic heterocycles. The van der Waals surface area contributed by atoms with Gasteiger partial charge in [0.1, 0.15) is 0 Å². The maximum absolute atomic E-state index is 11.8. The minimum absolute atomic E-state index is 0.0374. The van der Waals surface area contributed by atoms with E-state index < -0.39 is 10.8 Å². The van der Waals surface area contributed by atoms with Crippen molar-refractivity contribution < 1.29 is 9.00 Å². The number of rotatable bonds is 7. The van der Waals surface area contributed by atoms with Gasteiger partial charge in [-0.05, 0) is 5.92 Å². The fourth-order valence-electron chi connectivity index (χ4n) is 1.21. The molecule has 2 atom stereocenters. The molecular weight excluding hydrogens is 236 g/mol. The first kappa shape index (κ1) is 16.1. The van der Waals surface area contributed by atoms with Gasteiger partial charge in [0, 0.05) is 41.8 Å². The second kappa shape index (κ2) is 8.24. The topological polar surface area (TPSA) is 61.2 Å². The molecule has 0 aliphatic carbocycles. The zero-order valence-corrected chi connectivity index (χ0v) is 11.9. The lowest BCUT2D eigenvalue weighted by molar-refractivity contribution is -0.129. The van der Waals surface area contributed by atoms with Crippen LogP contribution in [0, 0.1) is 17.2 Å². The van der Waals surface area contributed by atoms with Gasteiger partial charge >= 0.3 is 0 Å². The number of amides is 1. The van der Waals surface area contributed by atoms with Gasteiger partial charge in [0.05, 0.1) is 12.5 Å². The van der Waals surface area contributed by atoms with Crippen LogP contribution in [0.5, 0.6) is 0 Å². The normalized spacial score (nSPS) is 14.1. The number of carbonyl (C=O) groups excluding carboxylic acids is 1. The Hall–Kier alpha value is -0.890. The summed E-state index contributed by atoms with van der Waals surface area (Å²) in [6.45, 7) is 6.46. The number of nitrogens with zero attached hydrogens (tertiary/aromatic N) is 2. The van der Waals surface area contributed by atoms with Crippen LogP contribution >= 0.6 is 0 Å². The van der Waals surface area contributed by atoms with Crippen molar-refractivity contribution in [3.63, 3.8) is 0 Å². The smallest absolute Gasteiger partial charge is 0.223 e. The fraction of sp³-hybridized carbons (Fsp3) is 0.833. The van der Waals surface area contributed by atoms with Gasteiger partial charge in [-0.1, -0.05) is 20.8 Å². The van der Waals surface area contributed by atoms with Crippen LogP contribution in [-0.4, -0.2) is 39.6 Å². The molecule has 0 rings (SSSR count). The van der Waals surface area contributed by atoms with Crippen molar-refractivity contribution >= 4 is 16.7 Å². The highest BCUT2D eigenvalue weighted by molar-refractivity contribution is 7.85. The molecule has 0 fully saturated rings. The third-order valence-corrected chi connectivity index (χ3v) is 4.84. The van der Waals surface area contributed by atoms with Crippen molar-refractivity contribution in [2.75, 3.05) is 19.3 Å². The third-order valence-electron chi connectivity index (χ3n) is 2.86. The van der Waals surface area contributed by atoms with Gasteiger partial charge in [-0.2, -0.15) is 5.26 Å². The predicted molar refractivity (Wildman–Crippen MR) is 69.8 cm³/mol.